The Morgan fingerprint density at radius 2 is 1.60 bits per heavy atom. The average molecular weight is 275 g/mol. The van der Waals surface area contributed by atoms with E-state index in [1.165, 1.54) is 24.3 Å². The number of aromatic nitrogens is 1. The van der Waals surface area contributed by atoms with E-state index in [2.05, 4.69) is 0 Å². The largest absolute Gasteiger partial charge is 0.507 e. The number of phenols is 1. The minimum atomic E-state index is -1.22. The highest BCUT2D eigenvalue weighted by molar-refractivity contribution is 5.91. The third-order valence-corrected chi connectivity index (χ3v) is 3.13. The van der Waals surface area contributed by atoms with Gasteiger partial charge in [0.1, 0.15) is 11.3 Å². The summed E-state index contributed by atoms with van der Waals surface area (Å²) < 4.78 is 1.65. The Kier molecular flexibility index (Phi) is 3.23. The Morgan fingerprint density at radius 3 is 2.05 bits per heavy atom. The van der Waals surface area contributed by atoms with E-state index >= 15 is 0 Å². The molecule has 1 aromatic carbocycles. The molecular formula is C14H13NO5. The summed E-state index contributed by atoms with van der Waals surface area (Å²) in [6.07, 6.45) is 0. The monoisotopic (exact) mass is 275 g/mol. The quantitative estimate of drug-likeness (QED) is 0.797. The van der Waals surface area contributed by atoms with Crippen LogP contribution in [0.2, 0.25) is 0 Å². The zero-order valence-electron chi connectivity index (χ0n) is 10.9. The third kappa shape index (κ3) is 2.11. The topological polar surface area (TPSA) is 99.8 Å². The molecule has 0 aliphatic rings. The zero-order chi connectivity index (χ0) is 15.0. The lowest BCUT2D eigenvalue weighted by atomic mass is 10.1. The van der Waals surface area contributed by atoms with Gasteiger partial charge in [-0.15, -0.1) is 0 Å². The van der Waals surface area contributed by atoms with Gasteiger partial charge in [-0.2, -0.15) is 0 Å². The van der Waals surface area contributed by atoms with Crippen molar-refractivity contribution in [1.82, 2.24) is 4.57 Å². The highest BCUT2D eigenvalue weighted by Gasteiger charge is 2.17. The lowest BCUT2D eigenvalue weighted by Gasteiger charge is -2.11. The highest BCUT2D eigenvalue weighted by Crippen LogP contribution is 2.25. The van der Waals surface area contributed by atoms with E-state index in [0.29, 0.717) is 17.1 Å². The maximum Gasteiger partial charge on any atom is 0.339 e. The molecule has 0 aliphatic heterocycles. The summed E-state index contributed by atoms with van der Waals surface area (Å²) in [5.41, 5.74) is 1.67. The summed E-state index contributed by atoms with van der Waals surface area (Å²) in [4.78, 5) is 21.9. The van der Waals surface area contributed by atoms with Crippen molar-refractivity contribution < 1.29 is 24.9 Å². The number of hydrogen-bond acceptors (Lipinski definition) is 3. The van der Waals surface area contributed by atoms with Crippen LogP contribution in [0.4, 0.5) is 0 Å². The first-order valence-corrected chi connectivity index (χ1v) is 5.82. The van der Waals surface area contributed by atoms with Gasteiger partial charge >= 0.3 is 11.9 Å². The van der Waals surface area contributed by atoms with Crippen molar-refractivity contribution in [2.75, 3.05) is 0 Å². The van der Waals surface area contributed by atoms with Crippen LogP contribution in [0.25, 0.3) is 5.69 Å². The molecule has 2 rings (SSSR count). The molecule has 2 aromatic rings. The van der Waals surface area contributed by atoms with Crippen molar-refractivity contribution in [3.8, 4) is 11.4 Å². The fourth-order valence-electron chi connectivity index (χ4n) is 2.22. The van der Waals surface area contributed by atoms with E-state index in [0.717, 1.165) is 0 Å². The minimum Gasteiger partial charge on any atom is -0.507 e. The Morgan fingerprint density at radius 1 is 1.00 bits per heavy atom. The van der Waals surface area contributed by atoms with Gasteiger partial charge in [0, 0.05) is 23.1 Å². The summed E-state index contributed by atoms with van der Waals surface area (Å²) in [7, 11) is 0. The van der Waals surface area contributed by atoms with Crippen LogP contribution in [0.15, 0.2) is 24.3 Å². The van der Waals surface area contributed by atoms with Crippen LogP contribution < -0.4 is 0 Å². The lowest BCUT2D eigenvalue weighted by molar-refractivity contribution is 0.0684. The van der Waals surface area contributed by atoms with E-state index in [-0.39, 0.29) is 16.9 Å². The molecule has 1 aromatic heterocycles. The molecule has 0 atom stereocenters. The first kappa shape index (κ1) is 13.7. The number of carbonyl (C=O) groups is 2. The molecule has 0 spiro atoms. The number of carboxylic acid groups (broad SMARTS) is 2. The Labute approximate surface area is 114 Å². The molecule has 0 saturated heterocycles. The van der Waals surface area contributed by atoms with Crippen LogP contribution in [0.3, 0.4) is 0 Å². The number of rotatable bonds is 3. The predicted molar refractivity (Wildman–Crippen MR) is 70.8 cm³/mol. The van der Waals surface area contributed by atoms with Gasteiger partial charge in [0.2, 0.25) is 0 Å². The summed E-state index contributed by atoms with van der Waals surface area (Å²) in [6, 6.07) is 5.63. The summed E-state index contributed by atoms with van der Waals surface area (Å²) in [6.45, 7) is 3.39. The maximum absolute atomic E-state index is 11.1. The third-order valence-electron chi connectivity index (χ3n) is 3.13. The number of aryl methyl sites for hydroxylation is 1. The smallest absolute Gasteiger partial charge is 0.339 e. The predicted octanol–water partition coefficient (Wildman–Crippen LogP) is 2.20. The van der Waals surface area contributed by atoms with E-state index in [4.69, 9.17) is 10.2 Å². The number of benzene rings is 1. The van der Waals surface area contributed by atoms with Crippen LogP contribution in [0, 0.1) is 13.8 Å². The first-order chi connectivity index (χ1) is 9.32. The molecule has 0 radical (unpaired) electrons. The van der Waals surface area contributed by atoms with Crippen LogP contribution >= 0.6 is 0 Å². The van der Waals surface area contributed by atoms with Crippen molar-refractivity contribution in [2.24, 2.45) is 0 Å². The van der Waals surface area contributed by atoms with Crippen LogP contribution in [0.5, 0.6) is 5.75 Å². The molecule has 104 valence electrons. The van der Waals surface area contributed by atoms with Gasteiger partial charge in [0.05, 0.1) is 5.56 Å². The zero-order valence-corrected chi connectivity index (χ0v) is 10.9. The summed E-state index contributed by atoms with van der Waals surface area (Å²) >= 11 is 0. The average Bonchev–Trinajstić information content (AvgIpc) is 2.64. The fourth-order valence-corrected chi connectivity index (χ4v) is 2.22. The fraction of sp³-hybridized carbons (Fsp3) is 0.143. The van der Waals surface area contributed by atoms with Gasteiger partial charge in [-0.05, 0) is 32.0 Å². The maximum atomic E-state index is 11.1. The molecule has 1 heterocycles. The SMILES string of the molecule is Cc1cc(C(=O)O)c(C)n1-c1ccc(C(=O)O)c(O)c1. The summed E-state index contributed by atoms with van der Waals surface area (Å²) in [5.74, 6) is -2.61. The van der Waals surface area contributed by atoms with Crippen LogP contribution in [-0.4, -0.2) is 31.8 Å². The molecule has 0 aliphatic carbocycles. The molecule has 0 amide bonds. The van der Waals surface area contributed by atoms with Gasteiger partial charge in [-0.1, -0.05) is 0 Å². The molecule has 0 bridgehead atoms. The second kappa shape index (κ2) is 4.73. The van der Waals surface area contributed by atoms with Crippen molar-refractivity contribution in [1.29, 1.82) is 0 Å². The van der Waals surface area contributed by atoms with E-state index in [1.54, 1.807) is 18.4 Å². The second-order valence-electron chi connectivity index (χ2n) is 4.43. The number of nitrogens with zero attached hydrogens (tertiary/aromatic N) is 1. The number of aromatic hydroxyl groups is 1. The lowest BCUT2D eigenvalue weighted by Crippen LogP contribution is -2.04. The van der Waals surface area contributed by atoms with E-state index in [1.807, 2.05) is 0 Å². The van der Waals surface area contributed by atoms with Crippen molar-refractivity contribution in [3.05, 3.63) is 46.8 Å². The number of carboxylic acids is 2. The van der Waals surface area contributed by atoms with Crippen molar-refractivity contribution in [3.63, 3.8) is 0 Å². The standard InChI is InChI=1S/C14H13NO5/c1-7-5-11(14(19)20)8(2)15(7)9-3-4-10(13(17)18)12(16)6-9/h3-6,16H,1-2H3,(H,17,18)(H,19,20). The Balaban J connectivity index is 2.61. The molecule has 6 heteroatoms. The van der Waals surface area contributed by atoms with Gasteiger partial charge in [0.25, 0.3) is 0 Å². The minimum absolute atomic E-state index is 0.171. The normalized spacial score (nSPS) is 10.5. The second-order valence-corrected chi connectivity index (χ2v) is 4.43. The highest BCUT2D eigenvalue weighted by atomic mass is 16.4. The number of hydrogen-bond donors (Lipinski definition) is 3. The molecule has 6 nitrogen and oxygen atoms in total. The van der Waals surface area contributed by atoms with Gasteiger partial charge < -0.3 is 19.9 Å². The van der Waals surface area contributed by atoms with Crippen molar-refractivity contribution >= 4 is 11.9 Å². The van der Waals surface area contributed by atoms with Gasteiger partial charge in [-0.3, -0.25) is 0 Å². The Bertz CT molecular complexity index is 715. The first-order valence-electron chi connectivity index (χ1n) is 5.82. The van der Waals surface area contributed by atoms with Crippen molar-refractivity contribution in [2.45, 2.75) is 13.8 Å². The van der Waals surface area contributed by atoms with E-state index in [9.17, 15) is 14.7 Å². The van der Waals surface area contributed by atoms with Crippen LogP contribution in [0.1, 0.15) is 32.1 Å². The molecule has 0 fully saturated rings. The molecular weight excluding hydrogens is 262 g/mol. The molecule has 0 unspecified atom stereocenters. The molecule has 20 heavy (non-hydrogen) atoms. The number of aromatic carboxylic acids is 2. The molecule has 3 N–H and O–H groups in total. The summed E-state index contributed by atoms with van der Waals surface area (Å²) in [5, 5.41) is 27.7. The van der Waals surface area contributed by atoms with Gasteiger partial charge in [-0.25, -0.2) is 9.59 Å². The Hall–Kier alpha value is -2.76. The van der Waals surface area contributed by atoms with Gasteiger partial charge in [0.15, 0.2) is 0 Å². The van der Waals surface area contributed by atoms with Crippen LogP contribution in [-0.2, 0) is 0 Å². The van der Waals surface area contributed by atoms with E-state index < -0.39 is 11.9 Å². The molecule has 0 saturated carbocycles.